The van der Waals surface area contributed by atoms with Gasteiger partial charge in [-0.2, -0.15) is 0 Å². The van der Waals surface area contributed by atoms with Crippen molar-refractivity contribution in [3.8, 4) is 22.6 Å². The zero-order valence-electron chi connectivity index (χ0n) is 18.0. The Bertz CT molecular complexity index is 1470. The molecule has 5 rings (SSSR count). The summed E-state index contributed by atoms with van der Waals surface area (Å²) in [6.45, 7) is 3.93. The lowest BCUT2D eigenvalue weighted by molar-refractivity contribution is 0.103. The van der Waals surface area contributed by atoms with Crippen molar-refractivity contribution in [3.63, 3.8) is 0 Å². The van der Waals surface area contributed by atoms with Gasteiger partial charge in [0.2, 0.25) is 0 Å². The Kier molecular flexibility index (Phi) is 5.40. The molecule has 3 heterocycles. The maximum Gasteiger partial charge on any atom is 0.267 e. The number of benzene rings is 2. The lowest BCUT2D eigenvalue weighted by Gasteiger charge is -2.11. The number of furan rings is 1. The SMILES string of the molecule is Cc1cccc(C)c1NC(=O)c1sc2nc(-c3ccc(Cl)cc3)cc(-c3ccco3)c2c1N. The maximum absolute atomic E-state index is 13.3. The predicted octanol–water partition coefficient (Wildman–Crippen LogP) is 7.33. The van der Waals surface area contributed by atoms with Crippen molar-refractivity contribution in [1.29, 1.82) is 0 Å². The molecule has 0 bridgehead atoms. The Morgan fingerprint density at radius 3 is 2.45 bits per heavy atom. The highest BCUT2D eigenvalue weighted by atomic mass is 35.5. The first kappa shape index (κ1) is 21.2. The van der Waals surface area contributed by atoms with Gasteiger partial charge in [-0.15, -0.1) is 11.3 Å². The number of nitrogens with two attached hydrogens (primary N) is 1. The van der Waals surface area contributed by atoms with Gasteiger partial charge >= 0.3 is 0 Å². The van der Waals surface area contributed by atoms with Crippen LogP contribution in [0.15, 0.2) is 71.3 Å². The second kappa shape index (κ2) is 8.39. The number of nitrogens with one attached hydrogen (secondary N) is 1. The van der Waals surface area contributed by atoms with Gasteiger partial charge in [0.25, 0.3) is 5.91 Å². The highest BCUT2D eigenvalue weighted by molar-refractivity contribution is 7.21. The number of anilines is 2. The van der Waals surface area contributed by atoms with Gasteiger partial charge in [-0.25, -0.2) is 4.98 Å². The first-order chi connectivity index (χ1) is 15.9. The number of thiophene rings is 1. The largest absolute Gasteiger partial charge is 0.464 e. The second-order valence-electron chi connectivity index (χ2n) is 7.79. The van der Waals surface area contributed by atoms with E-state index in [-0.39, 0.29) is 5.91 Å². The molecule has 5 nitrogen and oxygen atoms in total. The summed E-state index contributed by atoms with van der Waals surface area (Å²) in [4.78, 5) is 19.2. The molecule has 3 N–H and O–H groups in total. The van der Waals surface area contributed by atoms with E-state index in [0.29, 0.717) is 31.6 Å². The van der Waals surface area contributed by atoms with Crippen molar-refractivity contribution >= 4 is 50.4 Å². The molecule has 3 aromatic heterocycles. The van der Waals surface area contributed by atoms with Crippen molar-refractivity contribution < 1.29 is 9.21 Å². The highest BCUT2D eigenvalue weighted by Crippen LogP contribution is 2.42. The minimum atomic E-state index is -0.258. The molecule has 33 heavy (non-hydrogen) atoms. The molecule has 0 fully saturated rings. The average molecular weight is 474 g/mol. The van der Waals surface area contributed by atoms with E-state index in [1.807, 2.05) is 74.5 Å². The quantitative estimate of drug-likeness (QED) is 0.286. The third kappa shape index (κ3) is 3.88. The van der Waals surface area contributed by atoms with Crippen LogP contribution in [-0.2, 0) is 0 Å². The molecule has 0 saturated heterocycles. The van der Waals surface area contributed by atoms with E-state index >= 15 is 0 Å². The number of para-hydroxylation sites is 1. The minimum absolute atomic E-state index is 0.258. The monoisotopic (exact) mass is 473 g/mol. The number of halogens is 1. The number of fused-ring (bicyclic) bond motifs is 1. The molecule has 0 aliphatic heterocycles. The van der Waals surface area contributed by atoms with Crippen LogP contribution in [0.25, 0.3) is 32.8 Å². The molecule has 0 unspecified atom stereocenters. The smallest absolute Gasteiger partial charge is 0.267 e. The number of hydrogen-bond donors (Lipinski definition) is 2. The van der Waals surface area contributed by atoms with E-state index in [0.717, 1.165) is 33.6 Å². The molecule has 0 saturated carbocycles. The number of carbonyl (C=O) groups is 1. The fourth-order valence-electron chi connectivity index (χ4n) is 3.87. The van der Waals surface area contributed by atoms with Crippen LogP contribution in [0.4, 0.5) is 11.4 Å². The van der Waals surface area contributed by atoms with Crippen LogP contribution in [0.1, 0.15) is 20.8 Å². The van der Waals surface area contributed by atoms with Crippen molar-refractivity contribution in [3.05, 3.63) is 88.0 Å². The number of rotatable bonds is 4. The van der Waals surface area contributed by atoms with E-state index in [1.165, 1.54) is 11.3 Å². The van der Waals surface area contributed by atoms with Gasteiger partial charge in [0, 0.05) is 27.2 Å². The summed E-state index contributed by atoms with van der Waals surface area (Å²) < 4.78 is 5.69. The van der Waals surface area contributed by atoms with Crippen molar-refractivity contribution in [1.82, 2.24) is 4.98 Å². The average Bonchev–Trinajstić information content (AvgIpc) is 3.45. The van der Waals surface area contributed by atoms with Crippen LogP contribution in [0.5, 0.6) is 0 Å². The first-order valence-corrected chi connectivity index (χ1v) is 11.5. The lowest BCUT2D eigenvalue weighted by Crippen LogP contribution is -2.13. The summed E-state index contributed by atoms with van der Waals surface area (Å²) in [5.74, 6) is 0.398. The van der Waals surface area contributed by atoms with Crippen LogP contribution >= 0.6 is 22.9 Å². The van der Waals surface area contributed by atoms with Gasteiger partial charge in [-0.05, 0) is 55.3 Å². The topological polar surface area (TPSA) is 81.2 Å². The Morgan fingerprint density at radius 2 is 1.79 bits per heavy atom. The molecular weight excluding hydrogens is 454 g/mol. The molecule has 0 atom stereocenters. The summed E-state index contributed by atoms with van der Waals surface area (Å²) in [7, 11) is 0. The number of nitrogen functional groups attached to an aromatic ring is 1. The van der Waals surface area contributed by atoms with E-state index in [9.17, 15) is 4.79 Å². The summed E-state index contributed by atoms with van der Waals surface area (Å²) in [5.41, 5.74) is 12.1. The van der Waals surface area contributed by atoms with Crippen LogP contribution in [0.2, 0.25) is 5.02 Å². The number of aryl methyl sites for hydroxylation is 2. The molecule has 0 spiro atoms. The number of nitrogens with zero attached hydrogens (tertiary/aromatic N) is 1. The zero-order valence-corrected chi connectivity index (χ0v) is 19.6. The van der Waals surface area contributed by atoms with Gasteiger partial charge in [0.05, 0.1) is 17.6 Å². The Morgan fingerprint density at radius 1 is 1.06 bits per heavy atom. The normalized spacial score (nSPS) is 11.1. The van der Waals surface area contributed by atoms with E-state index in [2.05, 4.69) is 5.32 Å². The second-order valence-corrected chi connectivity index (χ2v) is 9.22. The van der Waals surface area contributed by atoms with Gasteiger partial charge in [0.1, 0.15) is 15.5 Å². The predicted molar refractivity (Wildman–Crippen MR) is 136 cm³/mol. The molecule has 0 aliphatic rings. The van der Waals surface area contributed by atoms with Crippen molar-refractivity contribution in [2.24, 2.45) is 0 Å². The summed E-state index contributed by atoms with van der Waals surface area (Å²) in [6, 6.07) is 19.0. The maximum atomic E-state index is 13.3. The van der Waals surface area contributed by atoms with E-state index < -0.39 is 0 Å². The first-order valence-electron chi connectivity index (χ1n) is 10.3. The number of hydrogen-bond acceptors (Lipinski definition) is 5. The van der Waals surface area contributed by atoms with E-state index in [4.69, 9.17) is 26.7 Å². The lowest BCUT2D eigenvalue weighted by atomic mass is 10.0. The molecular formula is C26H20ClN3O2S. The van der Waals surface area contributed by atoms with E-state index in [1.54, 1.807) is 6.26 Å². The molecule has 164 valence electrons. The van der Waals surface area contributed by atoms with Crippen LogP contribution in [0.3, 0.4) is 0 Å². The summed E-state index contributed by atoms with van der Waals surface area (Å²) in [5, 5.41) is 4.39. The zero-order chi connectivity index (χ0) is 23.1. The summed E-state index contributed by atoms with van der Waals surface area (Å²) >= 11 is 7.33. The number of amides is 1. The van der Waals surface area contributed by atoms with Crippen molar-refractivity contribution in [2.75, 3.05) is 11.1 Å². The fraction of sp³-hybridized carbons (Fsp3) is 0.0769. The van der Waals surface area contributed by atoms with Gasteiger partial charge < -0.3 is 15.5 Å². The summed E-state index contributed by atoms with van der Waals surface area (Å²) in [6.07, 6.45) is 1.61. The third-order valence-electron chi connectivity index (χ3n) is 5.55. The highest BCUT2D eigenvalue weighted by Gasteiger charge is 2.23. The van der Waals surface area contributed by atoms with Gasteiger partial charge in [-0.1, -0.05) is 41.9 Å². The molecule has 0 radical (unpaired) electrons. The number of aromatic nitrogens is 1. The Balaban J connectivity index is 1.66. The van der Waals surface area contributed by atoms with Crippen LogP contribution in [-0.4, -0.2) is 10.9 Å². The molecule has 2 aromatic carbocycles. The van der Waals surface area contributed by atoms with Crippen molar-refractivity contribution in [2.45, 2.75) is 13.8 Å². The third-order valence-corrected chi connectivity index (χ3v) is 6.90. The minimum Gasteiger partial charge on any atom is -0.464 e. The number of carbonyl (C=O) groups excluding carboxylic acids is 1. The molecule has 1 amide bonds. The fourth-order valence-corrected chi connectivity index (χ4v) is 5.01. The molecule has 5 aromatic rings. The van der Waals surface area contributed by atoms with Gasteiger partial charge in [0.15, 0.2) is 0 Å². The standard InChI is InChI=1S/C26H20ClN3O2S/c1-14-5-3-6-15(2)23(14)30-25(31)24-22(28)21-18(20-7-4-12-32-20)13-19(29-26(21)33-24)16-8-10-17(27)11-9-16/h3-13H,28H2,1-2H3,(H,30,31). The van der Waals surface area contributed by atoms with Crippen LogP contribution < -0.4 is 11.1 Å². The van der Waals surface area contributed by atoms with Gasteiger partial charge in [-0.3, -0.25) is 4.79 Å². The molecule has 7 heteroatoms. The number of pyridine rings is 1. The molecule has 0 aliphatic carbocycles. The Labute approximate surface area is 199 Å². The Hall–Kier alpha value is -3.61. The van der Waals surface area contributed by atoms with Crippen LogP contribution in [0, 0.1) is 13.8 Å².